The summed E-state index contributed by atoms with van der Waals surface area (Å²) in [6.07, 6.45) is 0. The predicted octanol–water partition coefficient (Wildman–Crippen LogP) is 3.69. The van der Waals surface area contributed by atoms with E-state index >= 15 is 0 Å². The highest BCUT2D eigenvalue weighted by molar-refractivity contribution is 9.10. The van der Waals surface area contributed by atoms with Crippen molar-refractivity contribution < 1.29 is 9.90 Å². The average molecular weight is 386 g/mol. The molecule has 2 aromatic carbocycles. The zero-order valence-electron chi connectivity index (χ0n) is 10.6. The Morgan fingerprint density at radius 3 is 2.62 bits per heavy atom. The maximum absolute atomic E-state index is 12.2. The van der Waals surface area contributed by atoms with Gasteiger partial charge >= 0.3 is 0 Å². The van der Waals surface area contributed by atoms with Gasteiger partial charge in [0.05, 0.1) is 10.7 Å². The second-order valence-electron chi connectivity index (χ2n) is 4.17. The number of nitrogens with two attached hydrogens (primary N) is 1. The van der Waals surface area contributed by atoms with E-state index in [2.05, 4.69) is 21.2 Å². The monoisotopic (exact) mass is 384 g/mol. The lowest BCUT2D eigenvalue weighted by molar-refractivity contribution is 0.102. The van der Waals surface area contributed by atoms with Gasteiger partial charge in [-0.1, -0.05) is 39.7 Å². The third-order valence-corrected chi connectivity index (χ3v) is 3.72. The fourth-order valence-electron chi connectivity index (χ4n) is 1.67. The van der Waals surface area contributed by atoms with Crippen molar-refractivity contribution in [1.29, 1.82) is 0 Å². The molecule has 1 amide bonds. The van der Waals surface area contributed by atoms with Crippen LogP contribution in [0.1, 0.15) is 15.9 Å². The second-order valence-corrected chi connectivity index (χ2v) is 5.94. The molecule has 0 saturated carbocycles. The predicted molar refractivity (Wildman–Crippen MR) is 91.1 cm³/mol. The highest BCUT2D eigenvalue weighted by atomic mass is 79.9. The van der Waals surface area contributed by atoms with Crippen LogP contribution in [0, 0.1) is 0 Å². The summed E-state index contributed by atoms with van der Waals surface area (Å²) in [6, 6.07) is 9.39. The molecule has 2 aromatic rings. The molecule has 108 valence electrons. The van der Waals surface area contributed by atoms with E-state index in [1.54, 1.807) is 18.2 Å². The number of amides is 1. The van der Waals surface area contributed by atoms with Crippen LogP contribution >= 0.6 is 39.7 Å². The van der Waals surface area contributed by atoms with Crippen molar-refractivity contribution in [2.45, 2.75) is 0 Å². The third-order valence-electron chi connectivity index (χ3n) is 2.71. The molecule has 21 heavy (non-hydrogen) atoms. The summed E-state index contributed by atoms with van der Waals surface area (Å²) in [5, 5.41) is 12.2. The molecule has 7 heteroatoms. The highest BCUT2D eigenvalue weighted by Crippen LogP contribution is 2.25. The van der Waals surface area contributed by atoms with Crippen molar-refractivity contribution in [3.8, 4) is 5.75 Å². The number of benzene rings is 2. The molecule has 0 aliphatic carbocycles. The molecule has 0 fully saturated rings. The standard InChI is InChI=1S/C14H10BrClN2O2S/c15-8-2-3-11(9(6-8)13(17)21)18-14(20)7-1-4-12(19)10(16)5-7/h1-6,19H,(H2,17,21)(H,18,20). The summed E-state index contributed by atoms with van der Waals surface area (Å²) in [7, 11) is 0. The minimum Gasteiger partial charge on any atom is -0.506 e. The molecule has 0 saturated heterocycles. The largest absolute Gasteiger partial charge is 0.506 e. The zero-order chi connectivity index (χ0) is 15.6. The van der Waals surface area contributed by atoms with Crippen LogP contribution in [0.3, 0.4) is 0 Å². The number of hydrogen-bond donors (Lipinski definition) is 3. The molecule has 0 atom stereocenters. The number of anilines is 1. The van der Waals surface area contributed by atoms with Gasteiger partial charge in [-0.15, -0.1) is 0 Å². The van der Waals surface area contributed by atoms with Crippen molar-refractivity contribution >= 4 is 56.3 Å². The summed E-state index contributed by atoms with van der Waals surface area (Å²) in [6.45, 7) is 0. The van der Waals surface area contributed by atoms with Gasteiger partial charge in [0.15, 0.2) is 0 Å². The molecule has 0 bridgehead atoms. The van der Waals surface area contributed by atoms with E-state index in [-0.39, 0.29) is 21.7 Å². The molecule has 0 aliphatic heterocycles. The van der Waals surface area contributed by atoms with E-state index in [9.17, 15) is 9.90 Å². The average Bonchev–Trinajstić information content (AvgIpc) is 2.43. The van der Waals surface area contributed by atoms with Crippen molar-refractivity contribution in [2.24, 2.45) is 5.73 Å². The van der Waals surface area contributed by atoms with E-state index in [0.717, 1.165) is 4.47 Å². The summed E-state index contributed by atoms with van der Waals surface area (Å²) < 4.78 is 0.802. The second kappa shape index (κ2) is 6.43. The minimum absolute atomic E-state index is 0.0827. The van der Waals surface area contributed by atoms with Crippen LogP contribution in [-0.2, 0) is 0 Å². The highest BCUT2D eigenvalue weighted by Gasteiger charge is 2.12. The maximum Gasteiger partial charge on any atom is 0.255 e. The van der Waals surface area contributed by atoms with Gasteiger partial charge in [0.2, 0.25) is 0 Å². The van der Waals surface area contributed by atoms with E-state index in [1.165, 1.54) is 18.2 Å². The van der Waals surface area contributed by atoms with Crippen LogP contribution < -0.4 is 11.1 Å². The molecule has 0 radical (unpaired) electrons. The lowest BCUT2D eigenvalue weighted by Crippen LogP contribution is -2.17. The number of halogens is 2. The van der Waals surface area contributed by atoms with Gasteiger partial charge in [0.25, 0.3) is 5.91 Å². The van der Waals surface area contributed by atoms with Crippen LogP contribution in [0.4, 0.5) is 5.69 Å². The van der Waals surface area contributed by atoms with E-state index in [1.807, 2.05) is 0 Å². The Morgan fingerprint density at radius 2 is 2.00 bits per heavy atom. The maximum atomic E-state index is 12.2. The molecular weight excluding hydrogens is 376 g/mol. The van der Waals surface area contributed by atoms with Gasteiger partial charge in [0.1, 0.15) is 10.7 Å². The Morgan fingerprint density at radius 1 is 1.29 bits per heavy atom. The number of aromatic hydroxyl groups is 1. The van der Waals surface area contributed by atoms with Crippen LogP contribution in [0.2, 0.25) is 5.02 Å². The molecule has 0 aromatic heterocycles. The topological polar surface area (TPSA) is 75.3 Å². The quantitative estimate of drug-likeness (QED) is 0.704. The van der Waals surface area contributed by atoms with Crippen molar-refractivity contribution in [2.75, 3.05) is 5.32 Å². The van der Waals surface area contributed by atoms with Gasteiger partial charge in [-0.2, -0.15) is 0 Å². The van der Waals surface area contributed by atoms with Crippen LogP contribution in [0.15, 0.2) is 40.9 Å². The Hall–Kier alpha value is -1.63. The van der Waals surface area contributed by atoms with E-state index in [0.29, 0.717) is 16.8 Å². The number of nitrogens with one attached hydrogen (secondary N) is 1. The van der Waals surface area contributed by atoms with Gasteiger partial charge in [-0.25, -0.2) is 0 Å². The van der Waals surface area contributed by atoms with Gasteiger partial charge in [-0.3, -0.25) is 4.79 Å². The number of carbonyl (C=O) groups is 1. The zero-order valence-corrected chi connectivity index (χ0v) is 13.7. The van der Waals surface area contributed by atoms with Crippen LogP contribution in [-0.4, -0.2) is 16.0 Å². The third kappa shape index (κ3) is 3.72. The Kier molecular flexibility index (Phi) is 4.82. The van der Waals surface area contributed by atoms with E-state index < -0.39 is 0 Å². The SMILES string of the molecule is NC(=S)c1cc(Br)ccc1NC(=O)c1ccc(O)c(Cl)c1. The lowest BCUT2D eigenvalue weighted by atomic mass is 10.1. The molecule has 4 nitrogen and oxygen atoms in total. The van der Waals surface area contributed by atoms with E-state index in [4.69, 9.17) is 29.6 Å². The number of thiocarbonyl (C=S) groups is 1. The molecule has 0 heterocycles. The van der Waals surface area contributed by atoms with Gasteiger partial charge < -0.3 is 16.2 Å². The smallest absolute Gasteiger partial charge is 0.255 e. The first kappa shape index (κ1) is 15.8. The Balaban J connectivity index is 2.31. The molecule has 0 spiro atoms. The molecule has 0 unspecified atom stereocenters. The van der Waals surface area contributed by atoms with Crippen molar-refractivity contribution in [3.05, 3.63) is 57.0 Å². The molecule has 4 N–H and O–H groups in total. The number of phenols is 1. The first-order valence-electron chi connectivity index (χ1n) is 5.77. The number of hydrogen-bond acceptors (Lipinski definition) is 3. The van der Waals surface area contributed by atoms with Crippen LogP contribution in [0.25, 0.3) is 0 Å². The Bertz CT molecular complexity index is 737. The fraction of sp³-hybridized carbons (Fsp3) is 0. The fourth-order valence-corrected chi connectivity index (χ4v) is 2.38. The van der Waals surface area contributed by atoms with Crippen molar-refractivity contribution in [1.82, 2.24) is 0 Å². The van der Waals surface area contributed by atoms with Crippen molar-refractivity contribution in [3.63, 3.8) is 0 Å². The normalized spacial score (nSPS) is 10.2. The summed E-state index contributed by atoms with van der Waals surface area (Å²) in [4.78, 5) is 12.4. The first-order valence-corrected chi connectivity index (χ1v) is 7.35. The lowest BCUT2D eigenvalue weighted by Gasteiger charge is -2.11. The number of phenolic OH excluding ortho intramolecular Hbond substituents is 1. The first-order chi connectivity index (χ1) is 9.88. The molecular formula is C14H10BrClN2O2S. The molecule has 2 rings (SSSR count). The van der Waals surface area contributed by atoms with Gasteiger partial charge in [-0.05, 0) is 36.4 Å². The van der Waals surface area contributed by atoms with Gasteiger partial charge in [0, 0.05) is 15.6 Å². The summed E-state index contributed by atoms with van der Waals surface area (Å²) in [5.41, 5.74) is 7.01. The minimum atomic E-state index is -0.378. The molecule has 0 aliphatic rings. The number of carbonyl (C=O) groups excluding carboxylic acids is 1. The summed E-state index contributed by atoms with van der Waals surface area (Å²) >= 11 is 14.1. The van der Waals surface area contributed by atoms with Crippen LogP contribution in [0.5, 0.6) is 5.75 Å². The number of rotatable bonds is 3. The Labute approximate surface area is 140 Å². The summed E-state index contributed by atoms with van der Waals surface area (Å²) in [5.74, 6) is -0.461.